The summed E-state index contributed by atoms with van der Waals surface area (Å²) in [6, 6.07) is 0.303. The highest BCUT2D eigenvalue weighted by Crippen LogP contribution is 2.36. The summed E-state index contributed by atoms with van der Waals surface area (Å²) >= 11 is 0. The van der Waals surface area contributed by atoms with E-state index in [1.54, 1.807) is 0 Å². The number of allylic oxidation sites excluding steroid dienone is 4. The lowest BCUT2D eigenvalue weighted by atomic mass is 9.93. The van der Waals surface area contributed by atoms with Gasteiger partial charge in [-0.05, 0) is 52.0 Å². The van der Waals surface area contributed by atoms with Crippen LogP contribution in [0, 0.1) is 0 Å². The first kappa shape index (κ1) is 20.2. The van der Waals surface area contributed by atoms with Gasteiger partial charge in [0.15, 0.2) is 12.1 Å². The molecular weight excluding hydrogens is 352 g/mol. The molecule has 152 valence electrons. The summed E-state index contributed by atoms with van der Waals surface area (Å²) in [5.41, 5.74) is 2.88. The summed E-state index contributed by atoms with van der Waals surface area (Å²) < 4.78 is 0. The second kappa shape index (κ2) is 9.10. The van der Waals surface area contributed by atoms with Gasteiger partial charge in [0, 0.05) is 17.4 Å². The van der Waals surface area contributed by atoms with Crippen LogP contribution in [0.2, 0.25) is 0 Å². The number of hydrogen-bond donors (Lipinski definition) is 4. The van der Waals surface area contributed by atoms with Crippen LogP contribution in [0.4, 0.5) is 17.5 Å². The normalized spacial score (nSPS) is 24.8. The van der Waals surface area contributed by atoms with Crippen LogP contribution in [0.15, 0.2) is 42.4 Å². The van der Waals surface area contributed by atoms with Crippen molar-refractivity contribution < 1.29 is 5.11 Å². The third-order valence-corrected chi connectivity index (χ3v) is 5.29. The fourth-order valence-electron chi connectivity index (χ4n) is 3.63. The Hall–Kier alpha value is -2.54. The lowest BCUT2D eigenvalue weighted by Gasteiger charge is -2.29. The van der Waals surface area contributed by atoms with Crippen LogP contribution in [0.5, 0.6) is 0 Å². The topological polar surface area (TPSA) is 85.3 Å². The summed E-state index contributed by atoms with van der Waals surface area (Å²) in [5.74, 6) is 1.45. The molecule has 2 aliphatic rings. The molecule has 1 aromatic rings. The van der Waals surface area contributed by atoms with Crippen LogP contribution in [0.25, 0.3) is 0 Å². The first-order valence-electron chi connectivity index (χ1n) is 10.2. The van der Waals surface area contributed by atoms with Gasteiger partial charge in [0.1, 0.15) is 0 Å². The van der Waals surface area contributed by atoms with Gasteiger partial charge in [-0.15, -0.1) is 0 Å². The molecule has 1 fully saturated rings. The van der Waals surface area contributed by atoms with Gasteiger partial charge in [-0.2, -0.15) is 4.98 Å². The quantitative estimate of drug-likeness (QED) is 0.533. The van der Waals surface area contributed by atoms with Crippen molar-refractivity contribution in [2.45, 2.75) is 71.3 Å². The Morgan fingerprint density at radius 1 is 1.36 bits per heavy atom. The lowest BCUT2D eigenvalue weighted by molar-refractivity contribution is 0.126. The predicted octanol–water partition coefficient (Wildman–Crippen LogP) is 3.70. The molecule has 0 bridgehead atoms. The molecule has 4 N–H and O–H groups in total. The molecule has 7 nitrogen and oxygen atoms in total. The van der Waals surface area contributed by atoms with Crippen molar-refractivity contribution in [1.29, 1.82) is 0 Å². The van der Waals surface area contributed by atoms with Crippen molar-refractivity contribution in [3.8, 4) is 0 Å². The zero-order valence-corrected chi connectivity index (χ0v) is 17.1. The van der Waals surface area contributed by atoms with Crippen LogP contribution >= 0.6 is 0 Å². The molecule has 0 saturated heterocycles. The Morgan fingerprint density at radius 2 is 2.11 bits per heavy atom. The smallest absolute Gasteiger partial charge is 0.224 e. The summed E-state index contributed by atoms with van der Waals surface area (Å²) in [4.78, 5) is 11.4. The second-order valence-corrected chi connectivity index (χ2v) is 7.31. The Balaban J connectivity index is 1.80. The molecule has 1 aliphatic heterocycles. The van der Waals surface area contributed by atoms with Gasteiger partial charge < -0.3 is 21.1 Å². The molecule has 0 amide bonds. The summed E-state index contributed by atoms with van der Waals surface area (Å²) in [7, 11) is 0. The van der Waals surface area contributed by atoms with E-state index < -0.39 is 0 Å². The minimum Gasteiger partial charge on any atom is -0.393 e. The van der Waals surface area contributed by atoms with Crippen molar-refractivity contribution in [2.75, 3.05) is 15.5 Å². The number of aliphatic hydroxyl groups excluding tert-OH is 1. The van der Waals surface area contributed by atoms with Gasteiger partial charge in [-0.25, -0.2) is 4.98 Å². The van der Waals surface area contributed by atoms with E-state index in [9.17, 15) is 5.11 Å². The molecule has 0 spiro atoms. The Bertz CT molecular complexity index is 751. The molecule has 1 atom stereocenters. The maximum atomic E-state index is 9.70. The molecule has 7 heteroatoms. The SMILES string of the molecule is C=C(CC)N1c2nc(NC3CCC(O)CC3)ncc2NC1NC(/C=C\C)=C/C. The Labute approximate surface area is 167 Å². The highest BCUT2D eigenvalue weighted by atomic mass is 16.3. The number of fused-ring (bicyclic) bond motifs is 1. The summed E-state index contributed by atoms with van der Waals surface area (Å²) in [6.07, 6.45) is 11.9. The van der Waals surface area contributed by atoms with Gasteiger partial charge in [0.2, 0.25) is 5.95 Å². The minimum atomic E-state index is -0.170. The maximum Gasteiger partial charge on any atom is 0.224 e. The van der Waals surface area contributed by atoms with Gasteiger partial charge in [0.25, 0.3) is 0 Å². The van der Waals surface area contributed by atoms with Crippen LogP contribution in [-0.4, -0.2) is 33.5 Å². The van der Waals surface area contributed by atoms with E-state index in [1.165, 1.54) is 0 Å². The largest absolute Gasteiger partial charge is 0.393 e. The van der Waals surface area contributed by atoms with Crippen molar-refractivity contribution in [1.82, 2.24) is 15.3 Å². The molecule has 3 rings (SSSR count). The standard InChI is InChI=1S/C21H32N6O/c1-5-8-15(7-3)24-21-25-18-13-22-20(23-16-9-11-17(28)12-10-16)26-19(18)27(21)14(4)6-2/h5,7-8,13,16-17,21,24-25,28H,4,6,9-12H2,1-3H3,(H,22,23,26)/b8-5-,15-7+. The highest BCUT2D eigenvalue weighted by molar-refractivity contribution is 5.75. The lowest BCUT2D eigenvalue weighted by Crippen LogP contribution is -2.46. The fourth-order valence-corrected chi connectivity index (χ4v) is 3.63. The van der Waals surface area contributed by atoms with Gasteiger partial charge in [-0.1, -0.05) is 25.7 Å². The molecule has 1 saturated carbocycles. The van der Waals surface area contributed by atoms with E-state index in [4.69, 9.17) is 4.98 Å². The number of aliphatic hydroxyl groups is 1. The third-order valence-electron chi connectivity index (χ3n) is 5.29. The number of rotatable bonds is 7. The third kappa shape index (κ3) is 4.47. The van der Waals surface area contributed by atoms with Crippen molar-refractivity contribution >= 4 is 17.5 Å². The average Bonchev–Trinajstić information content (AvgIpc) is 3.06. The number of anilines is 3. The van der Waals surface area contributed by atoms with Crippen molar-refractivity contribution in [3.63, 3.8) is 0 Å². The van der Waals surface area contributed by atoms with E-state index in [0.717, 1.165) is 55.0 Å². The van der Waals surface area contributed by atoms with E-state index in [0.29, 0.717) is 12.0 Å². The summed E-state index contributed by atoms with van der Waals surface area (Å²) in [5, 5.41) is 20.1. The van der Waals surface area contributed by atoms with E-state index >= 15 is 0 Å². The molecule has 1 unspecified atom stereocenters. The molecule has 1 aromatic heterocycles. The molecule has 1 aliphatic carbocycles. The number of hydrogen-bond acceptors (Lipinski definition) is 7. The molecule has 0 aromatic carbocycles. The van der Waals surface area contributed by atoms with Gasteiger partial charge >= 0.3 is 0 Å². The molecular formula is C21H32N6O. The van der Waals surface area contributed by atoms with Gasteiger partial charge in [-0.3, -0.25) is 4.90 Å². The molecule has 28 heavy (non-hydrogen) atoms. The molecule has 0 radical (unpaired) electrons. The predicted molar refractivity (Wildman–Crippen MR) is 115 cm³/mol. The Morgan fingerprint density at radius 3 is 2.75 bits per heavy atom. The first-order valence-corrected chi connectivity index (χ1v) is 10.2. The van der Waals surface area contributed by atoms with Crippen LogP contribution in [0.1, 0.15) is 52.9 Å². The summed E-state index contributed by atoms with van der Waals surface area (Å²) in [6.45, 7) is 10.3. The zero-order valence-electron chi connectivity index (χ0n) is 17.1. The van der Waals surface area contributed by atoms with Crippen LogP contribution in [0.3, 0.4) is 0 Å². The van der Waals surface area contributed by atoms with Crippen molar-refractivity contribution in [3.05, 3.63) is 42.4 Å². The second-order valence-electron chi connectivity index (χ2n) is 7.31. The highest BCUT2D eigenvalue weighted by Gasteiger charge is 2.32. The van der Waals surface area contributed by atoms with E-state index in [1.807, 2.05) is 38.3 Å². The number of nitrogens with zero attached hydrogens (tertiary/aromatic N) is 3. The zero-order chi connectivity index (χ0) is 20.1. The van der Waals surface area contributed by atoms with Crippen LogP contribution in [-0.2, 0) is 0 Å². The fraction of sp³-hybridized carbons (Fsp3) is 0.524. The monoisotopic (exact) mass is 384 g/mol. The van der Waals surface area contributed by atoms with E-state index in [2.05, 4.69) is 39.3 Å². The molecule has 2 heterocycles. The maximum absolute atomic E-state index is 9.70. The number of nitrogens with one attached hydrogen (secondary N) is 3. The first-order chi connectivity index (χ1) is 13.5. The van der Waals surface area contributed by atoms with E-state index in [-0.39, 0.29) is 12.4 Å². The average molecular weight is 385 g/mol. The van der Waals surface area contributed by atoms with Crippen molar-refractivity contribution in [2.24, 2.45) is 0 Å². The minimum absolute atomic E-state index is 0.167. The number of aromatic nitrogens is 2. The van der Waals surface area contributed by atoms with Gasteiger partial charge in [0.05, 0.1) is 18.0 Å². The van der Waals surface area contributed by atoms with Crippen LogP contribution < -0.4 is 20.9 Å². The Kier molecular flexibility index (Phi) is 6.57.